The minimum Gasteiger partial charge on any atom is -0.505 e. The van der Waals surface area contributed by atoms with Crippen molar-refractivity contribution >= 4 is 10.8 Å². The molecule has 0 aliphatic rings. The Morgan fingerprint density at radius 3 is 2.52 bits per heavy atom. The van der Waals surface area contributed by atoms with Gasteiger partial charge in [0.25, 0.3) is 0 Å². The Kier molecular flexibility index (Phi) is 6.52. The molecule has 0 amide bonds. The molecule has 0 aliphatic heterocycles. The maximum atomic E-state index is 14.4. The van der Waals surface area contributed by atoms with Crippen LogP contribution in [0.3, 0.4) is 0 Å². The SMILES string of the molecule is CCCCCCCCOc1cc2ccc(-c3ncc(O)cn3)cc2c(F)n1. The van der Waals surface area contributed by atoms with Gasteiger partial charge in [0.2, 0.25) is 11.8 Å². The Bertz CT molecular complexity index is 884. The lowest BCUT2D eigenvalue weighted by Gasteiger charge is -2.08. The number of hydrogen-bond acceptors (Lipinski definition) is 5. The number of rotatable bonds is 9. The first-order valence-electron chi connectivity index (χ1n) is 9.42. The lowest BCUT2D eigenvalue weighted by molar-refractivity contribution is 0.290. The highest BCUT2D eigenvalue weighted by atomic mass is 19.1. The third-order valence-electron chi connectivity index (χ3n) is 4.41. The third-order valence-corrected chi connectivity index (χ3v) is 4.41. The van der Waals surface area contributed by atoms with Gasteiger partial charge in [-0.15, -0.1) is 0 Å². The summed E-state index contributed by atoms with van der Waals surface area (Å²) < 4.78 is 20.1. The second-order valence-corrected chi connectivity index (χ2v) is 6.57. The first-order valence-corrected chi connectivity index (χ1v) is 9.42. The molecule has 0 bridgehead atoms. The predicted molar refractivity (Wildman–Crippen MR) is 103 cm³/mol. The molecule has 1 aromatic carbocycles. The Balaban J connectivity index is 1.66. The molecule has 0 radical (unpaired) electrons. The molecular formula is C21H24FN3O2. The summed E-state index contributed by atoms with van der Waals surface area (Å²) in [6.07, 6.45) is 9.65. The smallest absolute Gasteiger partial charge is 0.224 e. The number of aromatic hydroxyl groups is 1. The van der Waals surface area contributed by atoms with Crippen LogP contribution in [0, 0.1) is 5.95 Å². The number of nitrogens with zero attached hydrogens (tertiary/aromatic N) is 3. The van der Waals surface area contributed by atoms with Crippen LogP contribution in [-0.4, -0.2) is 26.7 Å². The van der Waals surface area contributed by atoms with Crippen molar-refractivity contribution in [1.29, 1.82) is 0 Å². The van der Waals surface area contributed by atoms with Crippen LogP contribution in [0.15, 0.2) is 36.7 Å². The zero-order valence-corrected chi connectivity index (χ0v) is 15.5. The van der Waals surface area contributed by atoms with Crippen molar-refractivity contribution in [2.45, 2.75) is 45.4 Å². The zero-order chi connectivity index (χ0) is 19.1. The van der Waals surface area contributed by atoms with Gasteiger partial charge in [0.15, 0.2) is 11.6 Å². The van der Waals surface area contributed by atoms with Gasteiger partial charge in [-0.25, -0.2) is 9.97 Å². The first kappa shape index (κ1) is 19.0. The lowest BCUT2D eigenvalue weighted by atomic mass is 10.1. The molecule has 27 heavy (non-hydrogen) atoms. The molecule has 3 rings (SSSR count). The summed E-state index contributed by atoms with van der Waals surface area (Å²) in [4.78, 5) is 12.0. The number of aromatic nitrogens is 3. The van der Waals surface area contributed by atoms with E-state index >= 15 is 0 Å². The average molecular weight is 369 g/mol. The van der Waals surface area contributed by atoms with Gasteiger partial charge >= 0.3 is 0 Å². The van der Waals surface area contributed by atoms with Gasteiger partial charge in [-0.2, -0.15) is 9.37 Å². The quantitative estimate of drug-likeness (QED) is 0.411. The fourth-order valence-corrected chi connectivity index (χ4v) is 2.93. The van der Waals surface area contributed by atoms with E-state index in [2.05, 4.69) is 21.9 Å². The fourth-order valence-electron chi connectivity index (χ4n) is 2.93. The Hall–Kier alpha value is -2.76. The lowest BCUT2D eigenvalue weighted by Crippen LogP contribution is -2.01. The molecule has 0 aliphatic carbocycles. The van der Waals surface area contributed by atoms with Crippen molar-refractivity contribution in [3.8, 4) is 23.0 Å². The van der Waals surface area contributed by atoms with E-state index in [0.29, 0.717) is 34.6 Å². The maximum absolute atomic E-state index is 14.4. The standard InChI is InChI=1S/C21H24FN3O2/c1-2-3-4-5-6-7-10-27-19-12-15-8-9-16(11-18(15)20(22)25-19)21-23-13-17(26)14-24-21/h8-9,11-14,26H,2-7,10H2,1H3. The van der Waals surface area contributed by atoms with Crippen molar-refractivity contribution in [3.63, 3.8) is 0 Å². The molecule has 0 saturated carbocycles. The van der Waals surface area contributed by atoms with Crippen LogP contribution in [0.25, 0.3) is 22.2 Å². The molecule has 1 N–H and O–H groups in total. The monoisotopic (exact) mass is 369 g/mol. The number of unbranched alkanes of at least 4 members (excludes halogenated alkanes) is 5. The van der Waals surface area contributed by atoms with Gasteiger partial charge in [0.05, 0.1) is 19.0 Å². The maximum Gasteiger partial charge on any atom is 0.224 e. The highest BCUT2D eigenvalue weighted by Crippen LogP contribution is 2.26. The van der Waals surface area contributed by atoms with Crippen molar-refractivity contribution in [2.24, 2.45) is 0 Å². The molecule has 0 unspecified atom stereocenters. The fraction of sp³-hybridized carbons (Fsp3) is 0.381. The van der Waals surface area contributed by atoms with E-state index in [9.17, 15) is 9.50 Å². The minimum atomic E-state index is -0.578. The molecule has 0 saturated heterocycles. The van der Waals surface area contributed by atoms with Crippen LogP contribution in [-0.2, 0) is 0 Å². The summed E-state index contributed by atoms with van der Waals surface area (Å²) in [5.41, 5.74) is 0.656. The molecule has 3 aromatic rings. The van der Waals surface area contributed by atoms with E-state index in [1.54, 1.807) is 18.2 Å². The summed E-state index contributed by atoms with van der Waals surface area (Å²) in [5, 5.41) is 10.4. The van der Waals surface area contributed by atoms with Gasteiger partial charge in [0.1, 0.15) is 0 Å². The first-order chi connectivity index (χ1) is 13.2. The number of benzene rings is 1. The number of halogens is 1. The molecule has 2 aromatic heterocycles. The highest BCUT2D eigenvalue weighted by Gasteiger charge is 2.10. The second-order valence-electron chi connectivity index (χ2n) is 6.57. The number of fused-ring (bicyclic) bond motifs is 1. The third kappa shape index (κ3) is 5.12. The van der Waals surface area contributed by atoms with Gasteiger partial charge in [-0.3, -0.25) is 0 Å². The van der Waals surface area contributed by atoms with Crippen LogP contribution in [0.4, 0.5) is 4.39 Å². The number of ether oxygens (including phenoxy) is 1. The molecule has 0 fully saturated rings. The summed E-state index contributed by atoms with van der Waals surface area (Å²) in [5.74, 6) is 0.130. The molecule has 0 spiro atoms. The van der Waals surface area contributed by atoms with Gasteiger partial charge in [-0.05, 0) is 17.9 Å². The summed E-state index contributed by atoms with van der Waals surface area (Å²) in [6, 6.07) is 7.01. The Labute approximate surface area is 158 Å². The van der Waals surface area contributed by atoms with E-state index in [1.165, 1.54) is 38.1 Å². The normalized spacial score (nSPS) is 11.0. The van der Waals surface area contributed by atoms with Crippen molar-refractivity contribution in [2.75, 3.05) is 6.61 Å². The topological polar surface area (TPSA) is 68.1 Å². The van der Waals surface area contributed by atoms with Crippen molar-refractivity contribution < 1.29 is 14.2 Å². The van der Waals surface area contributed by atoms with Gasteiger partial charge in [-0.1, -0.05) is 51.2 Å². The highest BCUT2D eigenvalue weighted by molar-refractivity contribution is 5.87. The van der Waals surface area contributed by atoms with Crippen LogP contribution >= 0.6 is 0 Å². The van der Waals surface area contributed by atoms with E-state index in [1.807, 2.05) is 6.07 Å². The van der Waals surface area contributed by atoms with Crippen LogP contribution < -0.4 is 4.74 Å². The molecule has 2 heterocycles. The van der Waals surface area contributed by atoms with Crippen molar-refractivity contribution in [3.05, 3.63) is 42.6 Å². The second kappa shape index (κ2) is 9.26. The van der Waals surface area contributed by atoms with Gasteiger partial charge < -0.3 is 9.84 Å². The van der Waals surface area contributed by atoms with Crippen molar-refractivity contribution in [1.82, 2.24) is 15.0 Å². The molecule has 0 atom stereocenters. The van der Waals surface area contributed by atoms with Crippen LogP contribution in [0.1, 0.15) is 45.4 Å². The van der Waals surface area contributed by atoms with E-state index in [0.717, 1.165) is 12.8 Å². The molecule has 6 heteroatoms. The summed E-state index contributed by atoms with van der Waals surface area (Å²) in [6.45, 7) is 2.74. The molecular weight excluding hydrogens is 345 g/mol. The van der Waals surface area contributed by atoms with Crippen LogP contribution in [0.5, 0.6) is 11.6 Å². The molecule has 142 valence electrons. The predicted octanol–water partition coefficient (Wildman–Crippen LogP) is 5.28. The largest absolute Gasteiger partial charge is 0.505 e. The van der Waals surface area contributed by atoms with E-state index in [-0.39, 0.29) is 5.75 Å². The summed E-state index contributed by atoms with van der Waals surface area (Å²) in [7, 11) is 0. The minimum absolute atomic E-state index is 0.0143. The Morgan fingerprint density at radius 2 is 1.74 bits per heavy atom. The molecule has 5 nitrogen and oxygen atoms in total. The summed E-state index contributed by atoms with van der Waals surface area (Å²) >= 11 is 0. The Morgan fingerprint density at radius 1 is 1.00 bits per heavy atom. The van der Waals surface area contributed by atoms with E-state index < -0.39 is 5.95 Å². The van der Waals surface area contributed by atoms with E-state index in [4.69, 9.17) is 4.74 Å². The van der Waals surface area contributed by atoms with Gasteiger partial charge in [0, 0.05) is 17.0 Å². The zero-order valence-electron chi connectivity index (χ0n) is 15.5. The average Bonchev–Trinajstić information content (AvgIpc) is 2.68. The van der Waals surface area contributed by atoms with Crippen LogP contribution in [0.2, 0.25) is 0 Å². The number of hydrogen-bond donors (Lipinski definition) is 1. The number of pyridine rings is 1.